The second-order valence-electron chi connectivity index (χ2n) is 6.46. The first-order valence-electron chi connectivity index (χ1n) is 8.09. The second kappa shape index (κ2) is 7.97. The molecule has 1 fully saturated rings. The van der Waals surface area contributed by atoms with E-state index in [4.69, 9.17) is 0 Å². The van der Waals surface area contributed by atoms with Crippen LogP contribution in [-0.4, -0.2) is 37.6 Å². The van der Waals surface area contributed by atoms with E-state index in [-0.39, 0.29) is 17.4 Å². The van der Waals surface area contributed by atoms with Crippen molar-refractivity contribution < 1.29 is 9.59 Å². The van der Waals surface area contributed by atoms with Crippen LogP contribution in [0.4, 0.5) is 10.5 Å². The van der Waals surface area contributed by atoms with E-state index in [1.807, 2.05) is 18.2 Å². The first-order valence-corrected chi connectivity index (χ1v) is 8.09. The van der Waals surface area contributed by atoms with Crippen molar-refractivity contribution in [2.24, 2.45) is 5.41 Å². The van der Waals surface area contributed by atoms with Crippen LogP contribution in [-0.2, 0) is 4.79 Å². The monoisotopic (exact) mass is 318 g/mol. The summed E-state index contributed by atoms with van der Waals surface area (Å²) in [6.45, 7) is 6.48. The molecule has 6 heteroatoms. The summed E-state index contributed by atoms with van der Waals surface area (Å²) in [4.78, 5) is 24.0. The highest BCUT2D eigenvalue weighted by Crippen LogP contribution is 2.26. The standard InChI is InChI=1S/C17H26N4O2/c1-13(20-16(23)21-14-6-4-3-5-7-14)15(22)19-12-17(2)8-10-18-11-9-17/h3-7,13,18H,8-12H2,1-2H3,(H,19,22)(H2,20,21,23). The van der Waals surface area contributed by atoms with E-state index in [1.165, 1.54) is 0 Å². The van der Waals surface area contributed by atoms with Crippen LogP contribution >= 0.6 is 0 Å². The molecule has 1 aliphatic heterocycles. The molecule has 126 valence electrons. The molecule has 1 unspecified atom stereocenters. The Balaban J connectivity index is 1.75. The smallest absolute Gasteiger partial charge is 0.319 e. The Morgan fingerprint density at radius 1 is 1.22 bits per heavy atom. The number of amides is 3. The van der Waals surface area contributed by atoms with Gasteiger partial charge in [0, 0.05) is 12.2 Å². The summed E-state index contributed by atoms with van der Waals surface area (Å²) in [5, 5.41) is 11.6. The third-order valence-electron chi connectivity index (χ3n) is 4.27. The lowest BCUT2D eigenvalue weighted by Gasteiger charge is -2.34. The zero-order valence-corrected chi connectivity index (χ0v) is 13.8. The van der Waals surface area contributed by atoms with Crippen LogP contribution in [0.15, 0.2) is 30.3 Å². The van der Waals surface area contributed by atoms with E-state index in [0.29, 0.717) is 12.2 Å². The van der Waals surface area contributed by atoms with Gasteiger partial charge in [0.25, 0.3) is 0 Å². The number of rotatable bonds is 5. The molecule has 0 aliphatic carbocycles. The molecule has 0 saturated carbocycles. The highest BCUT2D eigenvalue weighted by molar-refractivity contribution is 5.93. The molecule has 1 aliphatic rings. The van der Waals surface area contributed by atoms with Crippen molar-refractivity contribution in [1.29, 1.82) is 0 Å². The van der Waals surface area contributed by atoms with Gasteiger partial charge in [-0.1, -0.05) is 25.1 Å². The summed E-state index contributed by atoms with van der Waals surface area (Å²) in [7, 11) is 0. The van der Waals surface area contributed by atoms with Crippen molar-refractivity contribution in [3.63, 3.8) is 0 Å². The second-order valence-corrected chi connectivity index (χ2v) is 6.46. The third-order valence-corrected chi connectivity index (χ3v) is 4.27. The van der Waals surface area contributed by atoms with E-state index in [0.717, 1.165) is 25.9 Å². The Labute approximate surface area is 137 Å². The van der Waals surface area contributed by atoms with Gasteiger partial charge >= 0.3 is 6.03 Å². The van der Waals surface area contributed by atoms with Crippen LogP contribution in [0.3, 0.4) is 0 Å². The summed E-state index contributed by atoms with van der Waals surface area (Å²) in [6, 6.07) is 8.18. The van der Waals surface area contributed by atoms with Crippen LogP contribution < -0.4 is 21.3 Å². The van der Waals surface area contributed by atoms with E-state index >= 15 is 0 Å². The summed E-state index contributed by atoms with van der Waals surface area (Å²) in [6.07, 6.45) is 2.09. The van der Waals surface area contributed by atoms with Crippen LogP contribution in [0, 0.1) is 5.41 Å². The number of benzene rings is 1. The molecule has 2 rings (SSSR count). The maximum absolute atomic E-state index is 12.1. The first-order chi connectivity index (χ1) is 11.0. The number of anilines is 1. The van der Waals surface area contributed by atoms with Crippen LogP contribution in [0.25, 0.3) is 0 Å². The zero-order valence-electron chi connectivity index (χ0n) is 13.8. The van der Waals surface area contributed by atoms with Gasteiger partial charge in [-0.25, -0.2) is 4.79 Å². The van der Waals surface area contributed by atoms with Gasteiger partial charge in [-0.2, -0.15) is 0 Å². The summed E-state index contributed by atoms with van der Waals surface area (Å²) in [5.74, 6) is -0.159. The molecular formula is C17H26N4O2. The summed E-state index contributed by atoms with van der Waals surface area (Å²) >= 11 is 0. The number of piperidine rings is 1. The SMILES string of the molecule is CC(NC(=O)Nc1ccccc1)C(=O)NCC1(C)CCNCC1. The van der Waals surface area contributed by atoms with Crippen LogP contribution in [0.2, 0.25) is 0 Å². The van der Waals surface area contributed by atoms with E-state index < -0.39 is 6.04 Å². The van der Waals surface area contributed by atoms with Crippen molar-refractivity contribution in [3.05, 3.63) is 30.3 Å². The molecule has 23 heavy (non-hydrogen) atoms. The predicted octanol–water partition coefficient (Wildman–Crippen LogP) is 1.70. The molecule has 6 nitrogen and oxygen atoms in total. The Bertz CT molecular complexity index is 527. The van der Waals surface area contributed by atoms with Gasteiger partial charge < -0.3 is 21.3 Å². The molecule has 1 heterocycles. The Hall–Kier alpha value is -2.08. The van der Waals surface area contributed by atoms with Gasteiger partial charge in [0.05, 0.1) is 0 Å². The number of carbonyl (C=O) groups is 2. The van der Waals surface area contributed by atoms with E-state index in [2.05, 4.69) is 28.2 Å². The van der Waals surface area contributed by atoms with Crippen molar-refractivity contribution in [1.82, 2.24) is 16.0 Å². The largest absolute Gasteiger partial charge is 0.354 e. The normalized spacial score (nSPS) is 17.8. The Kier molecular flexibility index (Phi) is 5.98. The molecule has 0 bridgehead atoms. The average Bonchev–Trinajstić information content (AvgIpc) is 2.54. The van der Waals surface area contributed by atoms with Crippen molar-refractivity contribution in [2.45, 2.75) is 32.7 Å². The fourth-order valence-corrected chi connectivity index (χ4v) is 2.61. The number of hydrogen-bond donors (Lipinski definition) is 4. The van der Waals surface area contributed by atoms with Crippen molar-refractivity contribution in [3.8, 4) is 0 Å². The van der Waals surface area contributed by atoms with Crippen molar-refractivity contribution in [2.75, 3.05) is 25.0 Å². The molecule has 1 atom stereocenters. The van der Waals surface area contributed by atoms with Gasteiger partial charge in [0.15, 0.2) is 0 Å². The average molecular weight is 318 g/mol. The van der Waals surface area contributed by atoms with Crippen LogP contribution in [0.5, 0.6) is 0 Å². The maximum Gasteiger partial charge on any atom is 0.319 e. The molecule has 4 N–H and O–H groups in total. The highest BCUT2D eigenvalue weighted by atomic mass is 16.2. The van der Waals surface area contributed by atoms with Gasteiger partial charge in [-0.05, 0) is 50.4 Å². The molecular weight excluding hydrogens is 292 g/mol. The van der Waals surface area contributed by atoms with Gasteiger partial charge in [0.1, 0.15) is 6.04 Å². The highest BCUT2D eigenvalue weighted by Gasteiger charge is 2.28. The van der Waals surface area contributed by atoms with Gasteiger partial charge in [-0.3, -0.25) is 4.79 Å². The molecule has 0 spiro atoms. The van der Waals surface area contributed by atoms with Gasteiger partial charge in [-0.15, -0.1) is 0 Å². The van der Waals surface area contributed by atoms with E-state index in [1.54, 1.807) is 19.1 Å². The van der Waals surface area contributed by atoms with E-state index in [9.17, 15) is 9.59 Å². The quantitative estimate of drug-likeness (QED) is 0.667. The number of urea groups is 1. The Morgan fingerprint density at radius 2 is 1.87 bits per heavy atom. The number of carbonyl (C=O) groups excluding carboxylic acids is 2. The molecule has 1 saturated heterocycles. The number of para-hydroxylation sites is 1. The summed E-state index contributed by atoms with van der Waals surface area (Å²) in [5.41, 5.74) is 0.826. The number of hydrogen-bond acceptors (Lipinski definition) is 3. The molecule has 1 aromatic rings. The number of nitrogens with one attached hydrogen (secondary N) is 4. The minimum Gasteiger partial charge on any atom is -0.354 e. The molecule has 3 amide bonds. The minimum absolute atomic E-state index is 0.132. The lowest BCUT2D eigenvalue weighted by Crippen LogP contribution is -2.49. The third kappa shape index (κ3) is 5.56. The summed E-state index contributed by atoms with van der Waals surface area (Å²) < 4.78 is 0. The van der Waals surface area contributed by atoms with Crippen LogP contribution in [0.1, 0.15) is 26.7 Å². The topological polar surface area (TPSA) is 82.3 Å². The lowest BCUT2D eigenvalue weighted by atomic mass is 9.81. The fourth-order valence-electron chi connectivity index (χ4n) is 2.61. The first kappa shape index (κ1) is 17.3. The Morgan fingerprint density at radius 3 is 2.52 bits per heavy atom. The zero-order chi connectivity index (χ0) is 16.7. The molecule has 0 aromatic heterocycles. The lowest BCUT2D eigenvalue weighted by molar-refractivity contribution is -0.123. The predicted molar refractivity (Wildman–Crippen MR) is 91.3 cm³/mol. The van der Waals surface area contributed by atoms with Crippen molar-refractivity contribution >= 4 is 17.6 Å². The molecule has 0 radical (unpaired) electrons. The fraction of sp³-hybridized carbons (Fsp3) is 0.529. The molecule has 1 aromatic carbocycles. The maximum atomic E-state index is 12.1. The van der Waals surface area contributed by atoms with Gasteiger partial charge in [0.2, 0.25) is 5.91 Å². The minimum atomic E-state index is -0.580.